The monoisotopic (exact) mass is 548 g/mol. The Balaban J connectivity index is 1.92. The number of hydrogen-bond acceptors (Lipinski definition) is 3. The Labute approximate surface area is 193 Å². The number of ether oxygens (including phenoxy) is 1. The molecule has 0 atom stereocenters. The molecular weight excluding hydrogens is 530 g/mol. The second kappa shape index (κ2) is 8.43. The summed E-state index contributed by atoms with van der Waals surface area (Å²) in [5.41, 5.74) is 2.28. The van der Waals surface area contributed by atoms with E-state index in [0.717, 1.165) is 20.1 Å². The summed E-state index contributed by atoms with van der Waals surface area (Å²) in [4.78, 5) is 4.16. The van der Waals surface area contributed by atoms with Gasteiger partial charge in [-0.15, -0.1) is 0 Å². The van der Waals surface area contributed by atoms with Crippen molar-refractivity contribution in [2.45, 2.75) is 11.8 Å². The molecule has 0 bridgehead atoms. The van der Waals surface area contributed by atoms with E-state index in [4.69, 9.17) is 4.74 Å². The van der Waals surface area contributed by atoms with Crippen LogP contribution in [-0.2, 0) is 10.0 Å². The lowest BCUT2D eigenvalue weighted by molar-refractivity contribution is -0.601. The van der Waals surface area contributed by atoms with Gasteiger partial charge in [0.2, 0.25) is 5.69 Å². The number of hydrogen-bond donors (Lipinski definition) is 0. The van der Waals surface area contributed by atoms with E-state index in [1.54, 1.807) is 37.4 Å². The molecule has 0 aliphatic rings. The molecule has 4 aromatic rings. The lowest BCUT2D eigenvalue weighted by atomic mass is 10.1. The Bertz CT molecular complexity index is 1370. The average Bonchev–Trinajstić information content (AvgIpc) is 2.74. The fourth-order valence-electron chi connectivity index (χ4n) is 3.21. The molecule has 0 N–H and O–H groups in total. The lowest BCUT2D eigenvalue weighted by Crippen LogP contribution is -2.35. The first-order chi connectivity index (χ1) is 14.8. The van der Waals surface area contributed by atoms with Crippen LogP contribution >= 0.6 is 22.6 Å². The standard InChI is InChI=1S/C23H18FIN2O3S/c1-15-3-10-20(11-4-15)31(28,29)26-27-14-17-13-18(24)7-12-21(17)22(25)23(27)16-5-8-19(30-2)9-6-16/h3-14H,1-2H3. The Morgan fingerprint density at radius 1 is 1.00 bits per heavy atom. The second-order valence-electron chi connectivity index (χ2n) is 6.97. The van der Waals surface area contributed by atoms with Crippen LogP contribution in [0.2, 0.25) is 0 Å². The largest absolute Gasteiger partial charge is 0.497 e. The maximum absolute atomic E-state index is 13.9. The Kier molecular flexibility index (Phi) is 5.85. The molecule has 1 heterocycles. The molecule has 0 unspecified atom stereocenters. The number of rotatable bonds is 5. The summed E-state index contributed by atoms with van der Waals surface area (Å²) < 4.78 is 47.2. The van der Waals surface area contributed by atoms with Crippen LogP contribution in [0, 0.1) is 16.3 Å². The quantitative estimate of drug-likeness (QED) is 0.249. The summed E-state index contributed by atoms with van der Waals surface area (Å²) in [5, 5.41) is 1.34. The highest BCUT2D eigenvalue weighted by atomic mass is 127. The van der Waals surface area contributed by atoms with Crippen molar-refractivity contribution in [2.75, 3.05) is 7.11 Å². The van der Waals surface area contributed by atoms with Gasteiger partial charge in [0, 0.05) is 16.3 Å². The van der Waals surface area contributed by atoms with Crippen molar-refractivity contribution in [3.8, 4) is 17.0 Å². The van der Waals surface area contributed by atoms with E-state index in [9.17, 15) is 12.8 Å². The van der Waals surface area contributed by atoms with Crippen molar-refractivity contribution in [2.24, 2.45) is 0 Å². The minimum Gasteiger partial charge on any atom is -0.497 e. The highest BCUT2D eigenvalue weighted by Gasteiger charge is 2.21. The summed E-state index contributed by atoms with van der Waals surface area (Å²) in [6.07, 6.45) is 1.53. The molecule has 5 nitrogen and oxygen atoms in total. The maximum atomic E-state index is 13.9. The van der Waals surface area contributed by atoms with Crippen molar-refractivity contribution in [1.29, 1.82) is 0 Å². The van der Waals surface area contributed by atoms with Crippen LogP contribution in [0.5, 0.6) is 5.75 Å². The van der Waals surface area contributed by atoms with Crippen molar-refractivity contribution in [3.05, 3.63) is 92.7 Å². The van der Waals surface area contributed by atoms with Gasteiger partial charge in [0.25, 0.3) is 0 Å². The lowest BCUT2D eigenvalue weighted by Gasteiger charge is -2.19. The van der Waals surface area contributed by atoms with E-state index in [2.05, 4.69) is 27.4 Å². The van der Waals surface area contributed by atoms with Crippen LogP contribution in [0.15, 0.2) is 77.8 Å². The number of aryl methyl sites for hydroxylation is 1. The van der Waals surface area contributed by atoms with Crippen LogP contribution in [-0.4, -0.2) is 15.5 Å². The molecule has 0 saturated carbocycles. The van der Waals surface area contributed by atoms with Crippen LogP contribution in [0.25, 0.3) is 26.9 Å². The molecule has 0 spiro atoms. The topological polar surface area (TPSA) is 61.4 Å². The molecule has 0 radical (unpaired) electrons. The molecule has 3 aromatic carbocycles. The molecule has 0 aliphatic heterocycles. The predicted molar refractivity (Wildman–Crippen MR) is 126 cm³/mol. The second-order valence-corrected chi connectivity index (χ2v) is 9.63. The number of benzene rings is 3. The van der Waals surface area contributed by atoms with Crippen molar-refractivity contribution >= 4 is 43.4 Å². The number of nitrogens with zero attached hydrogens (tertiary/aromatic N) is 2. The molecule has 158 valence electrons. The van der Waals surface area contributed by atoms with E-state index in [0.29, 0.717) is 16.8 Å². The van der Waals surface area contributed by atoms with Crippen LogP contribution < -0.4 is 9.41 Å². The summed E-state index contributed by atoms with van der Waals surface area (Å²) in [5.74, 6) is 0.269. The van der Waals surface area contributed by atoms with Crippen molar-refractivity contribution < 1.29 is 22.2 Å². The van der Waals surface area contributed by atoms with Crippen LogP contribution in [0.3, 0.4) is 0 Å². The van der Waals surface area contributed by atoms with Gasteiger partial charge in [-0.1, -0.05) is 17.7 Å². The minimum atomic E-state index is -4.00. The normalized spacial score (nSPS) is 11.5. The number of halogens is 2. The molecule has 0 amide bonds. The van der Waals surface area contributed by atoms with Crippen LogP contribution in [0.4, 0.5) is 4.39 Å². The van der Waals surface area contributed by atoms with E-state index >= 15 is 0 Å². The third-order valence-electron chi connectivity index (χ3n) is 4.83. The third-order valence-corrected chi connectivity index (χ3v) is 7.18. The fraction of sp³-hybridized carbons (Fsp3) is 0.0870. The van der Waals surface area contributed by atoms with Gasteiger partial charge < -0.3 is 9.57 Å². The summed E-state index contributed by atoms with van der Waals surface area (Å²) in [6.45, 7) is 1.88. The highest BCUT2D eigenvalue weighted by Crippen LogP contribution is 2.31. The fourth-order valence-corrected chi connectivity index (χ4v) is 5.19. The zero-order chi connectivity index (χ0) is 22.2. The molecule has 0 fully saturated rings. The van der Waals surface area contributed by atoms with E-state index in [1.165, 1.54) is 35.1 Å². The molecule has 1 aromatic heterocycles. The molecule has 4 rings (SSSR count). The average molecular weight is 548 g/mol. The summed E-state index contributed by atoms with van der Waals surface area (Å²) in [7, 11) is -2.43. The number of methoxy groups -OCH3 is 1. The molecule has 0 saturated heterocycles. The van der Waals surface area contributed by atoms with Gasteiger partial charge in [-0.05, 0) is 84.1 Å². The van der Waals surface area contributed by atoms with E-state index in [-0.39, 0.29) is 4.90 Å². The van der Waals surface area contributed by atoms with Crippen LogP contribution in [0.1, 0.15) is 5.56 Å². The summed E-state index contributed by atoms with van der Waals surface area (Å²) >= 11 is 2.14. The smallest absolute Gasteiger partial charge is 0.222 e. The SMILES string of the molecule is COc1ccc(-c2c(I)c3ccc(F)cc3c[n+]2[N-]S(=O)(=O)c2ccc(C)cc2)cc1. The summed E-state index contributed by atoms with van der Waals surface area (Å²) in [6, 6.07) is 18.1. The predicted octanol–water partition coefficient (Wildman–Crippen LogP) is 5.38. The van der Waals surface area contributed by atoms with Gasteiger partial charge >= 0.3 is 0 Å². The number of aromatic nitrogens is 1. The number of pyridine rings is 1. The van der Waals surface area contributed by atoms with Crippen molar-refractivity contribution in [1.82, 2.24) is 0 Å². The van der Waals surface area contributed by atoms with Gasteiger partial charge in [0.15, 0.2) is 16.2 Å². The third kappa shape index (κ3) is 4.35. The van der Waals surface area contributed by atoms with Gasteiger partial charge in [0.05, 0.1) is 15.6 Å². The van der Waals surface area contributed by atoms with E-state index in [1.807, 2.05) is 19.1 Å². The first kappa shape index (κ1) is 21.5. The number of sulfonamides is 1. The Morgan fingerprint density at radius 2 is 1.68 bits per heavy atom. The first-order valence-corrected chi connectivity index (χ1v) is 11.8. The molecule has 31 heavy (non-hydrogen) atoms. The molecule has 0 aliphatic carbocycles. The Morgan fingerprint density at radius 3 is 2.32 bits per heavy atom. The maximum Gasteiger partial charge on any atom is 0.222 e. The first-order valence-electron chi connectivity index (χ1n) is 9.31. The van der Waals surface area contributed by atoms with Gasteiger partial charge in [0.1, 0.15) is 11.6 Å². The van der Waals surface area contributed by atoms with Crippen molar-refractivity contribution in [3.63, 3.8) is 0 Å². The number of fused-ring (bicyclic) bond motifs is 1. The molecule has 8 heteroatoms. The van der Waals surface area contributed by atoms with Gasteiger partial charge in [-0.3, -0.25) is 0 Å². The zero-order valence-corrected chi connectivity index (χ0v) is 19.7. The van der Waals surface area contributed by atoms with Gasteiger partial charge in [-0.25, -0.2) is 17.5 Å². The minimum absolute atomic E-state index is 0.0839. The van der Waals surface area contributed by atoms with E-state index < -0.39 is 15.8 Å². The highest BCUT2D eigenvalue weighted by molar-refractivity contribution is 14.1. The Hall–Kier alpha value is -2.72. The molecular formula is C23H18FIN2O3S. The van der Waals surface area contributed by atoms with Gasteiger partial charge in [-0.2, -0.15) is 0 Å². The zero-order valence-electron chi connectivity index (χ0n) is 16.7.